The Balaban J connectivity index is 1.57. The first-order valence-corrected chi connectivity index (χ1v) is 7.08. The minimum Gasteiger partial charge on any atom is -0.454 e. The highest BCUT2D eigenvalue weighted by Crippen LogP contribution is 2.35. The SMILES string of the molecule is CN1CCN(C(=O)CCc2cccc3c2OCO3)CC1. The molecule has 0 bridgehead atoms. The summed E-state index contributed by atoms with van der Waals surface area (Å²) >= 11 is 0. The molecule has 1 aromatic carbocycles. The van der Waals surface area contributed by atoms with Gasteiger partial charge in [-0.25, -0.2) is 0 Å². The van der Waals surface area contributed by atoms with Crippen LogP contribution < -0.4 is 9.47 Å². The van der Waals surface area contributed by atoms with E-state index in [0.29, 0.717) is 12.8 Å². The van der Waals surface area contributed by atoms with Gasteiger partial charge in [0.15, 0.2) is 11.5 Å². The van der Waals surface area contributed by atoms with E-state index in [1.807, 2.05) is 23.1 Å². The zero-order valence-corrected chi connectivity index (χ0v) is 11.8. The number of amides is 1. The first-order valence-electron chi connectivity index (χ1n) is 7.08. The number of piperazine rings is 1. The Morgan fingerprint density at radius 1 is 1.20 bits per heavy atom. The first kappa shape index (κ1) is 13.2. The third-order valence-electron chi connectivity index (χ3n) is 3.94. The van der Waals surface area contributed by atoms with E-state index >= 15 is 0 Å². The summed E-state index contributed by atoms with van der Waals surface area (Å²) in [4.78, 5) is 16.4. The number of para-hydroxylation sites is 1. The Morgan fingerprint density at radius 2 is 2.00 bits per heavy atom. The largest absolute Gasteiger partial charge is 0.454 e. The monoisotopic (exact) mass is 276 g/mol. The zero-order chi connectivity index (χ0) is 13.9. The highest BCUT2D eigenvalue weighted by molar-refractivity contribution is 5.76. The summed E-state index contributed by atoms with van der Waals surface area (Å²) in [5, 5.41) is 0. The molecule has 0 N–H and O–H groups in total. The van der Waals surface area contributed by atoms with Crippen LogP contribution in [-0.4, -0.2) is 55.7 Å². The van der Waals surface area contributed by atoms with Gasteiger partial charge in [0.1, 0.15) is 0 Å². The molecule has 0 unspecified atom stereocenters. The molecule has 108 valence electrons. The molecule has 3 rings (SSSR count). The fraction of sp³-hybridized carbons (Fsp3) is 0.533. The number of aryl methyl sites for hydroxylation is 1. The van der Waals surface area contributed by atoms with Gasteiger partial charge in [-0.1, -0.05) is 12.1 Å². The standard InChI is InChI=1S/C15H20N2O3/c1-16-7-9-17(10-8-16)14(18)6-5-12-3-2-4-13-15(12)20-11-19-13/h2-4H,5-11H2,1H3. The fourth-order valence-electron chi connectivity index (χ4n) is 2.64. The van der Waals surface area contributed by atoms with E-state index < -0.39 is 0 Å². The predicted molar refractivity (Wildman–Crippen MR) is 75.0 cm³/mol. The summed E-state index contributed by atoms with van der Waals surface area (Å²) in [6.45, 7) is 3.87. The van der Waals surface area contributed by atoms with Gasteiger partial charge in [-0.15, -0.1) is 0 Å². The van der Waals surface area contributed by atoms with Crippen LogP contribution in [0.2, 0.25) is 0 Å². The van der Waals surface area contributed by atoms with Crippen molar-refractivity contribution in [2.75, 3.05) is 40.0 Å². The van der Waals surface area contributed by atoms with Crippen LogP contribution in [0, 0.1) is 0 Å². The Kier molecular flexibility index (Phi) is 3.78. The van der Waals surface area contributed by atoms with Crippen molar-refractivity contribution in [2.24, 2.45) is 0 Å². The van der Waals surface area contributed by atoms with Crippen LogP contribution in [0.1, 0.15) is 12.0 Å². The van der Waals surface area contributed by atoms with Crippen molar-refractivity contribution >= 4 is 5.91 Å². The Morgan fingerprint density at radius 3 is 2.80 bits per heavy atom. The maximum absolute atomic E-state index is 12.2. The number of benzene rings is 1. The average molecular weight is 276 g/mol. The summed E-state index contributed by atoms with van der Waals surface area (Å²) in [5.74, 6) is 1.82. The second-order valence-electron chi connectivity index (χ2n) is 5.33. The lowest BCUT2D eigenvalue weighted by Gasteiger charge is -2.32. The summed E-state index contributed by atoms with van der Waals surface area (Å²) in [6.07, 6.45) is 1.24. The van der Waals surface area contributed by atoms with E-state index in [0.717, 1.165) is 43.2 Å². The summed E-state index contributed by atoms with van der Waals surface area (Å²) < 4.78 is 10.8. The third kappa shape index (κ3) is 2.72. The van der Waals surface area contributed by atoms with Gasteiger partial charge in [-0.3, -0.25) is 4.79 Å². The van der Waals surface area contributed by atoms with E-state index in [1.165, 1.54) is 0 Å². The van der Waals surface area contributed by atoms with E-state index in [2.05, 4.69) is 11.9 Å². The lowest BCUT2D eigenvalue weighted by atomic mass is 10.1. The van der Waals surface area contributed by atoms with Gasteiger partial charge in [-0.05, 0) is 25.1 Å². The normalized spacial score (nSPS) is 18.4. The van der Waals surface area contributed by atoms with Crippen molar-refractivity contribution < 1.29 is 14.3 Å². The molecule has 1 saturated heterocycles. The van der Waals surface area contributed by atoms with Crippen LogP contribution in [-0.2, 0) is 11.2 Å². The molecule has 1 fully saturated rings. The molecule has 0 radical (unpaired) electrons. The number of hydrogen-bond donors (Lipinski definition) is 0. The highest BCUT2D eigenvalue weighted by atomic mass is 16.7. The molecule has 2 heterocycles. The van der Waals surface area contributed by atoms with E-state index in [9.17, 15) is 4.79 Å². The van der Waals surface area contributed by atoms with Gasteiger partial charge in [-0.2, -0.15) is 0 Å². The molecule has 1 aromatic rings. The van der Waals surface area contributed by atoms with Gasteiger partial charge in [0.25, 0.3) is 0 Å². The average Bonchev–Trinajstić information content (AvgIpc) is 2.94. The summed E-state index contributed by atoms with van der Waals surface area (Å²) in [6, 6.07) is 5.85. The van der Waals surface area contributed by atoms with E-state index in [1.54, 1.807) is 0 Å². The van der Waals surface area contributed by atoms with Crippen molar-refractivity contribution in [3.63, 3.8) is 0 Å². The molecule has 20 heavy (non-hydrogen) atoms. The number of nitrogens with zero attached hydrogens (tertiary/aromatic N) is 2. The lowest BCUT2D eigenvalue weighted by molar-refractivity contribution is -0.132. The third-order valence-corrected chi connectivity index (χ3v) is 3.94. The van der Waals surface area contributed by atoms with Crippen LogP contribution in [0.15, 0.2) is 18.2 Å². The molecule has 2 aliphatic heterocycles. The zero-order valence-electron chi connectivity index (χ0n) is 11.8. The molecular weight excluding hydrogens is 256 g/mol. The molecule has 0 aliphatic carbocycles. The number of fused-ring (bicyclic) bond motifs is 1. The molecule has 0 aromatic heterocycles. The van der Waals surface area contributed by atoms with Gasteiger partial charge in [0, 0.05) is 32.6 Å². The first-order chi connectivity index (χ1) is 9.74. The number of carbonyl (C=O) groups is 1. The molecule has 5 nitrogen and oxygen atoms in total. The molecule has 0 spiro atoms. The van der Waals surface area contributed by atoms with Crippen molar-refractivity contribution in [1.29, 1.82) is 0 Å². The lowest BCUT2D eigenvalue weighted by Crippen LogP contribution is -2.47. The van der Waals surface area contributed by atoms with Crippen molar-refractivity contribution in [2.45, 2.75) is 12.8 Å². The quantitative estimate of drug-likeness (QED) is 0.830. The van der Waals surface area contributed by atoms with Gasteiger partial charge < -0.3 is 19.3 Å². The summed E-state index contributed by atoms with van der Waals surface area (Å²) in [7, 11) is 2.09. The predicted octanol–water partition coefficient (Wildman–Crippen LogP) is 1.12. The molecular formula is C15H20N2O3. The van der Waals surface area contributed by atoms with Crippen LogP contribution >= 0.6 is 0 Å². The topological polar surface area (TPSA) is 42.0 Å². The van der Waals surface area contributed by atoms with Gasteiger partial charge in [0.2, 0.25) is 12.7 Å². The Hall–Kier alpha value is -1.75. The van der Waals surface area contributed by atoms with E-state index in [4.69, 9.17) is 9.47 Å². The minimum absolute atomic E-state index is 0.231. The summed E-state index contributed by atoms with van der Waals surface area (Å²) in [5.41, 5.74) is 1.06. The number of ether oxygens (including phenoxy) is 2. The Bertz CT molecular complexity index is 496. The second kappa shape index (κ2) is 5.71. The molecule has 1 amide bonds. The van der Waals surface area contributed by atoms with Crippen LogP contribution in [0.4, 0.5) is 0 Å². The van der Waals surface area contributed by atoms with Crippen molar-refractivity contribution in [1.82, 2.24) is 9.80 Å². The number of likely N-dealkylation sites (N-methyl/N-ethyl adjacent to an activating group) is 1. The smallest absolute Gasteiger partial charge is 0.231 e. The highest BCUT2D eigenvalue weighted by Gasteiger charge is 2.21. The van der Waals surface area contributed by atoms with Crippen LogP contribution in [0.5, 0.6) is 11.5 Å². The molecule has 0 atom stereocenters. The second-order valence-corrected chi connectivity index (χ2v) is 5.33. The number of carbonyl (C=O) groups excluding carboxylic acids is 1. The number of hydrogen-bond acceptors (Lipinski definition) is 4. The molecule has 5 heteroatoms. The number of rotatable bonds is 3. The molecule has 2 aliphatic rings. The Labute approximate surface area is 119 Å². The van der Waals surface area contributed by atoms with Crippen molar-refractivity contribution in [3.05, 3.63) is 23.8 Å². The van der Waals surface area contributed by atoms with E-state index in [-0.39, 0.29) is 12.7 Å². The molecule has 0 saturated carbocycles. The van der Waals surface area contributed by atoms with Crippen LogP contribution in [0.25, 0.3) is 0 Å². The van der Waals surface area contributed by atoms with Crippen molar-refractivity contribution in [3.8, 4) is 11.5 Å². The van der Waals surface area contributed by atoms with Crippen LogP contribution in [0.3, 0.4) is 0 Å². The van der Waals surface area contributed by atoms with Gasteiger partial charge >= 0.3 is 0 Å². The maximum Gasteiger partial charge on any atom is 0.231 e. The fourth-order valence-corrected chi connectivity index (χ4v) is 2.64. The minimum atomic E-state index is 0.231. The maximum atomic E-state index is 12.2. The van der Waals surface area contributed by atoms with Gasteiger partial charge in [0.05, 0.1) is 0 Å².